The Morgan fingerprint density at radius 1 is 1.21 bits per heavy atom. The summed E-state index contributed by atoms with van der Waals surface area (Å²) in [5, 5.41) is 13.0. The normalized spacial score (nSPS) is 26.3. The molecule has 2 aromatic carbocycles. The fraction of sp³-hybridized carbons (Fsp3) is 0.400. The number of esters is 2. The maximum Gasteiger partial charge on any atom is 0.491 e. The zero-order valence-electron chi connectivity index (χ0n) is 19.5. The molecule has 202 valence electrons. The number of nitriles is 1. The van der Waals surface area contributed by atoms with Gasteiger partial charge >= 0.3 is 18.1 Å². The number of carbonyl (C=O) groups excluding carboxylic acids is 2. The Labute approximate surface area is 223 Å². The number of hydrogen-bond acceptors (Lipinski definition) is 6. The minimum absolute atomic E-state index is 0.0154. The first-order valence-corrected chi connectivity index (χ1v) is 12.0. The molecular formula is C25H19Cl2F5N2O4. The molecule has 2 aliphatic heterocycles. The average Bonchev–Trinajstić information content (AvgIpc) is 3.13. The first-order chi connectivity index (χ1) is 17.7. The second-order valence-electron chi connectivity index (χ2n) is 9.64. The van der Waals surface area contributed by atoms with Crippen molar-refractivity contribution in [2.24, 2.45) is 5.41 Å². The molecule has 0 aliphatic carbocycles. The zero-order valence-corrected chi connectivity index (χ0v) is 21.1. The maximum atomic E-state index is 15.5. The Bertz CT molecular complexity index is 1330. The van der Waals surface area contributed by atoms with Crippen LogP contribution in [0.3, 0.4) is 0 Å². The second kappa shape index (κ2) is 10.1. The molecule has 13 heteroatoms. The zero-order chi connectivity index (χ0) is 28.0. The molecule has 0 unspecified atom stereocenters. The monoisotopic (exact) mass is 576 g/mol. The Morgan fingerprint density at radius 2 is 1.89 bits per heavy atom. The third-order valence-electron chi connectivity index (χ3n) is 6.91. The maximum absolute atomic E-state index is 15.5. The number of carbonyl (C=O) groups is 2. The number of hydrogen-bond donors (Lipinski definition) is 1. The highest BCUT2D eigenvalue weighted by Crippen LogP contribution is 2.53. The van der Waals surface area contributed by atoms with Crippen LogP contribution in [-0.2, 0) is 24.5 Å². The van der Waals surface area contributed by atoms with Crippen molar-refractivity contribution in [3.05, 3.63) is 69.2 Å². The molecule has 4 rings (SSSR count). The number of nitrogens with zero attached hydrogens (tertiary/aromatic N) is 1. The topological polar surface area (TPSA) is 88.4 Å². The van der Waals surface area contributed by atoms with Gasteiger partial charge in [-0.3, -0.25) is 5.32 Å². The van der Waals surface area contributed by atoms with Crippen molar-refractivity contribution < 1.29 is 41.0 Å². The molecule has 0 saturated carbocycles. The Morgan fingerprint density at radius 3 is 2.45 bits per heavy atom. The third kappa shape index (κ3) is 4.86. The largest absolute Gasteiger partial charge is 0.491 e. The molecular weight excluding hydrogens is 558 g/mol. The van der Waals surface area contributed by atoms with E-state index in [4.69, 9.17) is 27.9 Å². The highest BCUT2D eigenvalue weighted by Gasteiger charge is 2.63. The van der Waals surface area contributed by atoms with Crippen molar-refractivity contribution in [2.75, 3.05) is 13.2 Å². The molecule has 2 aliphatic rings. The van der Waals surface area contributed by atoms with Crippen molar-refractivity contribution >= 4 is 35.1 Å². The van der Waals surface area contributed by atoms with E-state index in [1.54, 1.807) is 6.92 Å². The van der Waals surface area contributed by atoms with Gasteiger partial charge in [-0.15, -0.1) is 0 Å². The molecule has 0 amide bonds. The smallest absolute Gasteiger partial charge is 0.385 e. The number of ether oxygens (including phenoxy) is 2. The van der Waals surface area contributed by atoms with Gasteiger partial charge < -0.3 is 9.47 Å². The summed E-state index contributed by atoms with van der Waals surface area (Å²) in [6.45, 7) is 2.29. The number of halogens is 7. The van der Waals surface area contributed by atoms with Gasteiger partial charge in [0.15, 0.2) is 0 Å². The fourth-order valence-corrected chi connectivity index (χ4v) is 5.54. The van der Waals surface area contributed by atoms with Crippen molar-refractivity contribution in [2.45, 2.75) is 42.9 Å². The van der Waals surface area contributed by atoms with Gasteiger partial charge in [-0.25, -0.2) is 18.4 Å². The van der Waals surface area contributed by atoms with E-state index in [1.165, 1.54) is 30.3 Å². The molecule has 2 saturated heterocycles. The first kappa shape index (κ1) is 28.2. The quantitative estimate of drug-likeness (QED) is 0.298. The summed E-state index contributed by atoms with van der Waals surface area (Å²) in [4.78, 5) is 24.5. The fourth-order valence-electron chi connectivity index (χ4n) is 5.20. The summed E-state index contributed by atoms with van der Waals surface area (Å²) in [5.41, 5.74) is -3.31. The highest BCUT2D eigenvalue weighted by atomic mass is 35.5. The van der Waals surface area contributed by atoms with Crippen molar-refractivity contribution in [3.63, 3.8) is 0 Å². The van der Waals surface area contributed by atoms with Crippen molar-refractivity contribution in [3.8, 4) is 6.07 Å². The van der Waals surface area contributed by atoms with Crippen molar-refractivity contribution in [1.82, 2.24) is 5.32 Å². The summed E-state index contributed by atoms with van der Waals surface area (Å²) < 4.78 is 79.0. The van der Waals surface area contributed by atoms with E-state index in [9.17, 15) is 28.0 Å². The third-order valence-corrected chi connectivity index (χ3v) is 7.44. The average molecular weight is 577 g/mol. The van der Waals surface area contributed by atoms with E-state index in [2.05, 4.69) is 10.1 Å². The molecule has 4 atom stereocenters. The molecule has 0 radical (unpaired) electrons. The number of alkyl halides is 3. The van der Waals surface area contributed by atoms with Crippen LogP contribution in [0.15, 0.2) is 36.4 Å². The van der Waals surface area contributed by atoms with Crippen LogP contribution < -0.4 is 5.32 Å². The Hall–Kier alpha value is -2.78. The summed E-state index contributed by atoms with van der Waals surface area (Å²) in [5.74, 6) is -8.23. The van der Waals surface area contributed by atoms with E-state index in [0.29, 0.717) is 0 Å². The molecule has 6 nitrogen and oxygen atoms in total. The van der Waals surface area contributed by atoms with E-state index in [0.717, 1.165) is 6.07 Å². The van der Waals surface area contributed by atoms with E-state index in [-0.39, 0.29) is 35.8 Å². The number of nitrogens with one attached hydrogen (secondary N) is 1. The van der Waals surface area contributed by atoms with Crippen LogP contribution in [0.1, 0.15) is 30.4 Å². The highest BCUT2D eigenvalue weighted by molar-refractivity contribution is 6.31. The van der Waals surface area contributed by atoms with Gasteiger partial charge in [0.2, 0.25) is 0 Å². The molecule has 1 N–H and O–H groups in total. The van der Waals surface area contributed by atoms with Gasteiger partial charge in [-0.05, 0) is 30.2 Å². The van der Waals surface area contributed by atoms with Gasteiger partial charge in [-0.1, -0.05) is 48.3 Å². The van der Waals surface area contributed by atoms with Crippen LogP contribution in [0.5, 0.6) is 0 Å². The SMILES string of the molecule is CC1(C[C@@H]2N[C@@H](C(=O)OC(=O)C(F)(F)F)[C@H](c3cccc(Cl)c3F)[C@@]2(C#N)c2ccc(Cl)cc2F)COC1. The second-order valence-corrected chi connectivity index (χ2v) is 10.5. The van der Waals surface area contributed by atoms with E-state index < -0.39 is 63.6 Å². The Kier molecular flexibility index (Phi) is 7.49. The van der Waals surface area contributed by atoms with Gasteiger partial charge in [0, 0.05) is 28.0 Å². The standard InChI is InChI=1S/C25H19Cl2F5N2O4/c1-23(10-37-11-23)8-17-24(9-33,14-6-5-12(26)7-16(14)28)18(13-3-2-4-15(27)19(13)29)20(34-17)21(35)38-22(36)25(30,31)32/h2-7,17-18,20,34H,8,10-11H2,1H3/t17-,18-,20+,24-/m0/s1. The lowest BCUT2D eigenvalue weighted by atomic mass is 9.62. The Balaban J connectivity index is 1.96. The lowest BCUT2D eigenvalue weighted by Crippen LogP contribution is -2.50. The lowest BCUT2D eigenvalue weighted by molar-refractivity contribution is -0.202. The van der Waals surface area contributed by atoms with Crippen LogP contribution in [0.4, 0.5) is 22.0 Å². The molecule has 38 heavy (non-hydrogen) atoms. The molecule has 0 spiro atoms. The number of rotatable bonds is 5. The molecule has 2 fully saturated rings. The van der Waals surface area contributed by atoms with E-state index >= 15 is 8.78 Å². The summed E-state index contributed by atoms with van der Waals surface area (Å²) in [6.07, 6.45) is -5.44. The minimum atomic E-state index is -5.50. The van der Waals surface area contributed by atoms with Crippen LogP contribution >= 0.6 is 23.2 Å². The lowest BCUT2D eigenvalue weighted by Gasteiger charge is -2.43. The number of benzene rings is 2. The molecule has 2 heterocycles. The van der Waals surface area contributed by atoms with E-state index in [1.807, 2.05) is 6.07 Å². The summed E-state index contributed by atoms with van der Waals surface area (Å²) in [7, 11) is 0. The summed E-state index contributed by atoms with van der Waals surface area (Å²) >= 11 is 11.9. The summed E-state index contributed by atoms with van der Waals surface area (Å²) in [6, 6.07) is 6.08. The first-order valence-electron chi connectivity index (χ1n) is 11.2. The molecule has 0 bridgehead atoms. The van der Waals surface area contributed by atoms with Crippen molar-refractivity contribution in [1.29, 1.82) is 5.26 Å². The predicted molar refractivity (Wildman–Crippen MR) is 124 cm³/mol. The van der Waals surface area contributed by atoms with Gasteiger partial charge in [0.05, 0.1) is 24.3 Å². The van der Waals surface area contributed by atoms with Crippen LogP contribution in [0, 0.1) is 28.4 Å². The van der Waals surface area contributed by atoms with Crippen LogP contribution in [0.2, 0.25) is 10.0 Å². The van der Waals surface area contributed by atoms with Crippen LogP contribution in [-0.4, -0.2) is 43.4 Å². The van der Waals surface area contributed by atoms with Gasteiger partial charge in [0.25, 0.3) is 0 Å². The van der Waals surface area contributed by atoms with Gasteiger partial charge in [0.1, 0.15) is 23.1 Å². The molecule has 0 aromatic heterocycles. The molecule has 2 aromatic rings. The predicted octanol–water partition coefficient (Wildman–Crippen LogP) is 5.22. The van der Waals surface area contributed by atoms with Crippen LogP contribution in [0.25, 0.3) is 0 Å². The van der Waals surface area contributed by atoms with Gasteiger partial charge in [-0.2, -0.15) is 18.4 Å². The minimum Gasteiger partial charge on any atom is -0.385 e.